The Labute approximate surface area is 177 Å². The molecule has 3 aromatic rings. The van der Waals surface area contributed by atoms with E-state index in [4.69, 9.17) is 0 Å². The number of rotatable bonds is 4. The molecule has 0 amide bonds. The summed E-state index contributed by atoms with van der Waals surface area (Å²) in [6.07, 6.45) is 2.74. The molecular weight excluding hydrogens is 398 g/mol. The summed E-state index contributed by atoms with van der Waals surface area (Å²) < 4.78 is 3.62. The van der Waals surface area contributed by atoms with Crippen LogP contribution < -0.4 is 5.56 Å². The standard InChI is InChI=1S/C23H23N3O5/c1-24-12-17(16-6-5-14(22(28)29)8-19(16)24)21(23(30)31)25-9-13-7-15(11-25)18-3-2-4-20(27)26(18)10-13/h2-6,8,12-13,15,21H,7,9-11H2,1H3,(H,28,29)(H,30,31)/t13-,15-,21+/m1/s1. The van der Waals surface area contributed by atoms with Crippen molar-refractivity contribution in [2.45, 2.75) is 24.9 Å². The number of carbonyl (C=O) groups is 2. The van der Waals surface area contributed by atoms with Gasteiger partial charge < -0.3 is 19.3 Å². The second-order valence-electron chi connectivity index (χ2n) is 8.63. The van der Waals surface area contributed by atoms with Gasteiger partial charge in [-0.15, -0.1) is 0 Å². The second-order valence-corrected chi connectivity index (χ2v) is 8.63. The Balaban J connectivity index is 1.55. The molecule has 5 rings (SSSR count). The first-order valence-electron chi connectivity index (χ1n) is 10.3. The van der Waals surface area contributed by atoms with Crippen LogP contribution in [0, 0.1) is 5.92 Å². The Hall–Kier alpha value is -3.39. The zero-order valence-corrected chi connectivity index (χ0v) is 17.1. The minimum absolute atomic E-state index is 0.00118. The fourth-order valence-corrected chi connectivity index (χ4v) is 5.40. The van der Waals surface area contributed by atoms with Gasteiger partial charge in [0.2, 0.25) is 0 Å². The van der Waals surface area contributed by atoms with Crippen molar-refractivity contribution >= 4 is 22.8 Å². The Morgan fingerprint density at radius 3 is 2.65 bits per heavy atom. The number of piperidine rings is 1. The van der Waals surface area contributed by atoms with E-state index in [1.807, 2.05) is 15.5 Å². The van der Waals surface area contributed by atoms with E-state index in [0.29, 0.717) is 30.7 Å². The highest BCUT2D eigenvalue weighted by Gasteiger charge is 2.40. The van der Waals surface area contributed by atoms with E-state index in [0.717, 1.165) is 17.5 Å². The quantitative estimate of drug-likeness (QED) is 0.670. The fraction of sp³-hybridized carbons (Fsp3) is 0.348. The lowest BCUT2D eigenvalue weighted by Crippen LogP contribution is -2.49. The summed E-state index contributed by atoms with van der Waals surface area (Å²) in [5.41, 5.74) is 2.49. The molecule has 8 heteroatoms. The summed E-state index contributed by atoms with van der Waals surface area (Å²) in [5, 5.41) is 20.2. The molecule has 0 aliphatic carbocycles. The number of aromatic carboxylic acids is 1. The number of benzene rings is 1. The fourth-order valence-electron chi connectivity index (χ4n) is 5.40. The van der Waals surface area contributed by atoms with Crippen molar-refractivity contribution in [3.8, 4) is 0 Å². The highest BCUT2D eigenvalue weighted by atomic mass is 16.4. The number of aliphatic carboxylic acids is 1. The molecule has 1 fully saturated rings. The first-order chi connectivity index (χ1) is 14.8. The molecule has 2 aromatic heterocycles. The number of carboxylic acids is 2. The normalized spacial score (nSPS) is 21.6. The number of carboxylic acid groups (broad SMARTS) is 2. The number of nitrogens with zero attached hydrogens (tertiary/aromatic N) is 3. The van der Waals surface area contributed by atoms with E-state index in [1.54, 1.807) is 42.1 Å². The maximum absolute atomic E-state index is 12.4. The number of aromatic nitrogens is 2. The third-order valence-corrected chi connectivity index (χ3v) is 6.67. The molecule has 0 saturated carbocycles. The van der Waals surface area contributed by atoms with Crippen LogP contribution in [0.1, 0.15) is 40.0 Å². The SMILES string of the molecule is Cn1cc([C@@H](C(=O)O)N2C[C@H]3C[C@H](C2)c2cccc(=O)n2C3)c2ccc(C(=O)O)cc21. The van der Waals surface area contributed by atoms with Gasteiger partial charge in [-0.1, -0.05) is 12.1 Å². The number of hydrogen-bond acceptors (Lipinski definition) is 4. The van der Waals surface area contributed by atoms with Crippen molar-refractivity contribution in [3.63, 3.8) is 0 Å². The van der Waals surface area contributed by atoms with Crippen molar-refractivity contribution in [1.82, 2.24) is 14.0 Å². The van der Waals surface area contributed by atoms with Crippen LogP contribution in [0.4, 0.5) is 0 Å². The van der Waals surface area contributed by atoms with Crippen LogP contribution in [0.5, 0.6) is 0 Å². The van der Waals surface area contributed by atoms with Crippen LogP contribution in [-0.4, -0.2) is 49.3 Å². The minimum Gasteiger partial charge on any atom is -0.480 e. The van der Waals surface area contributed by atoms with Crippen LogP contribution in [0.2, 0.25) is 0 Å². The Morgan fingerprint density at radius 2 is 1.90 bits per heavy atom. The predicted molar refractivity (Wildman–Crippen MR) is 113 cm³/mol. The van der Waals surface area contributed by atoms with E-state index in [9.17, 15) is 24.6 Å². The monoisotopic (exact) mass is 421 g/mol. The smallest absolute Gasteiger partial charge is 0.335 e. The number of hydrogen-bond donors (Lipinski definition) is 2. The molecule has 2 aliphatic heterocycles. The molecule has 2 bridgehead atoms. The molecule has 1 saturated heterocycles. The van der Waals surface area contributed by atoms with E-state index in [1.165, 1.54) is 6.07 Å². The maximum Gasteiger partial charge on any atom is 0.335 e. The molecule has 0 radical (unpaired) electrons. The van der Waals surface area contributed by atoms with Gasteiger partial charge in [-0.2, -0.15) is 0 Å². The lowest BCUT2D eigenvalue weighted by Gasteiger charge is -2.44. The predicted octanol–water partition coefficient (Wildman–Crippen LogP) is 2.28. The van der Waals surface area contributed by atoms with E-state index >= 15 is 0 Å². The molecule has 0 spiro atoms. The van der Waals surface area contributed by atoms with Crippen LogP contribution in [0.25, 0.3) is 10.9 Å². The highest BCUT2D eigenvalue weighted by molar-refractivity contribution is 5.96. The van der Waals surface area contributed by atoms with E-state index < -0.39 is 18.0 Å². The zero-order chi connectivity index (χ0) is 21.9. The Kier molecular flexibility index (Phi) is 4.48. The number of aryl methyl sites for hydroxylation is 1. The summed E-state index contributed by atoms with van der Waals surface area (Å²) in [6, 6.07) is 9.26. The number of likely N-dealkylation sites (tertiary alicyclic amines) is 1. The van der Waals surface area contributed by atoms with Crippen LogP contribution in [0.3, 0.4) is 0 Å². The van der Waals surface area contributed by atoms with Crippen LogP contribution in [-0.2, 0) is 18.4 Å². The van der Waals surface area contributed by atoms with Crippen LogP contribution in [0.15, 0.2) is 47.4 Å². The average molecular weight is 421 g/mol. The molecule has 1 aromatic carbocycles. The summed E-state index contributed by atoms with van der Waals surface area (Å²) in [4.78, 5) is 38.1. The molecule has 2 N–H and O–H groups in total. The molecular formula is C23H23N3O5. The van der Waals surface area contributed by atoms with Gasteiger partial charge in [0.15, 0.2) is 0 Å². The van der Waals surface area contributed by atoms with Crippen molar-refractivity contribution in [2.24, 2.45) is 13.0 Å². The van der Waals surface area contributed by atoms with Gasteiger partial charge >= 0.3 is 11.9 Å². The van der Waals surface area contributed by atoms with E-state index in [2.05, 4.69) is 0 Å². The summed E-state index contributed by atoms with van der Waals surface area (Å²) in [7, 11) is 1.80. The lowest BCUT2D eigenvalue weighted by atomic mass is 9.82. The first kappa shape index (κ1) is 19.6. The lowest BCUT2D eigenvalue weighted by molar-refractivity contribution is -0.144. The Morgan fingerprint density at radius 1 is 1.10 bits per heavy atom. The van der Waals surface area contributed by atoms with Gasteiger partial charge in [0.1, 0.15) is 6.04 Å². The molecule has 31 heavy (non-hydrogen) atoms. The second kappa shape index (κ2) is 7.09. The topological polar surface area (TPSA) is 105 Å². The van der Waals surface area contributed by atoms with Gasteiger partial charge in [0.05, 0.1) is 5.56 Å². The summed E-state index contributed by atoms with van der Waals surface area (Å²) in [5.74, 6) is -1.63. The van der Waals surface area contributed by atoms with Gasteiger partial charge in [-0.25, -0.2) is 4.79 Å². The van der Waals surface area contributed by atoms with Crippen LogP contribution >= 0.6 is 0 Å². The van der Waals surface area contributed by atoms with E-state index in [-0.39, 0.29) is 23.0 Å². The van der Waals surface area contributed by atoms with Gasteiger partial charge in [0.25, 0.3) is 5.56 Å². The number of pyridine rings is 1. The molecule has 8 nitrogen and oxygen atoms in total. The van der Waals surface area contributed by atoms with Gasteiger partial charge in [-0.05, 0) is 30.5 Å². The third-order valence-electron chi connectivity index (χ3n) is 6.67. The summed E-state index contributed by atoms with van der Waals surface area (Å²) in [6.45, 7) is 1.75. The van der Waals surface area contributed by atoms with Crippen molar-refractivity contribution < 1.29 is 19.8 Å². The molecule has 3 atom stereocenters. The first-order valence-corrected chi connectivity index (χ1v) is 10.3. The Bertz CT molecular complexity index is 1270. The molecule has 160 valence electrons. The maximum atomic E-state index is 12.4. The molecule has 0 unspecified atom stereocenters. The minimum atomic E-state index is -1.02. The van der Waals surface area contributed by atoms with Crippen molar-refractivity contribution in [1.29, 1.82) is 0 Å². The molecule has 2 aliphatic rings. The van der Waals surface area contributed by atoms with Gasteiger partial charge in [-0.3, -0.25) is 14.5 Å². The van der Waals surface area contributed by atoms with Gasteiger partial charge in [0, 0.05) is 67.0 Å². The largest absolute Gasteiger partial charge is 0.480 e. The van der Waals surface area contributed by atoms with Crippen molar-refractivity contribution in [3.05, 3.63) is 69.8 Å². The molecule has 4 heterocycles. The number of fused-ring (bicyclic) bond motifs is 5. The highest BCUT2D eigenvalue weighted by Crippen LogP contribution is 2.40. The zero-order valence-electron chi connectivity index (χ0n) is 17.1. The summed E-state index contributed by atoms with van der Waals surface area (Å²) >= 11 is 0. The third kappa shape index (κ3) is 3.14. The average Bonchev–Trinajstić information content (AvgIpc) is 3.04. The van der Waals surface area contributed by atoms with Crippen molar-refractivity contribution in [2.75, 3.05) is 13.1 Å².